The number of amides is 1. The van der Waals surface area contributed by atoms with Gasteiger partial charge in [0.2, 0.25) is 0 Å². The van der Waals surface area contributed by atoms with Crippen LogP contribution in [0.25, 0.3) is 0 Å². The van der Waals surface area contributed by atoms with Crippen LogP contribution in [-0.4, -0.2) is 30.0 Å². The van der Waals surface area contributed by atoms with Crippen LogP contribution >= 0.6 is 0 Å². The van der Waals surface area contributed by atoms with Crippen molar-refractivity contribution in [3.8, 4) is 5.75 Å². The molecule has 2 unspecified atom stereocenters. The second-order valence-electron chi connectivity index (χ2n) is 5.10. The van der Waals surface area contributed by atoms with E-state index >= 15 is 0 Å². The lowest BCUT2D eigenvalue weighted by Crippen LogP contribution is -2.40. The van der Waals surface area contributed by atoms with E-state index in [-0.39, 0.29) is 11.9 Å². The lowest BCUT2D eigenvalue weighted by molar-refractivity contribution is -0.137. The highest BCUT2D eigenvalue weighted by Gasteiger charge is 2.21. The minimum Gasteiger partial charge on any atom is -0.481 e. The lowest BCUT2D eigenvalue weighted by atomic mass is 10.1. The first kappa shape index (κ1) is 16.5. The monoisotopic (exact) mass is 278 g/mol. The predicted octanol–water partition coefficient (Wildman–Crippen LogP) is 2.65. The molecule has 0 saturated carbocycles. The van der Waals surface area contributed by atoms with Crippen LogP contribution in [0.3, 0.4) is 0 Å². The number of nitrogens with two attached hydrogens (primary N) is 1. The summed E-state index contributed by atoms with van der Waals surface area (Å²) in [5, 5.41) is 0. The van der Waals surface area contributed by atoms with Crippen molar-refractivity contribution in [2.24, 2.45) is 5.73 Å². The number of carbonyl (C=O) groups excluding carboxylic acids is 1. The van der Waals surface area contributed by atoms with E-state index in [2.05, 4.69) is 0 Å². The third-order valence-electron chi connectivity index (χ3n) is 3.39. The Labute approximate surface area is 121 Å². The number of nitrogens with zero attached hydrogens (tertiary/aromatic N) is 1. The number of carbonyl (C=O) groups is 1. The minimum absolute atomic E-state index is 0.00660. The van der Waals surface area contributed by atoms with E-state index in [9.17, 15) is 4.79 Å². The van der Waals surface area contributed by atoms with Crippen molar-refractivity contribution < 1.29 is 9.53 Å². The molecule has 2 N–H and O–H groups in total. The van der Waals surface area contributed by atoms with Gasteiger partial charge >= 0.3 is 0 Å². The van der Waals surface area contributed by atoms with Crippen LogP contribution in [0, 0.1) is 6.92 Å². The van der Waals surface area contributed by atoms with Gasteiger partial charge in [0.15, 0.2) is 6.10 Å². The van der Waals surface area contributed by atoms with Gasteiger partial charge in [-0.3, -0.25) is 4.79 Å². The Balaban J connectivity index is 2.92. The van der Waals surface area contributed by atoms with Gasteiger partial charge in [0.05, 0.1) is 0 Å². The molecule has 2 atom stereocenters. The van der Waals surface area contributed by atoms with E-state index in [0.717, 1.165) is 11.1 Å². The molecule has 1 amide bonds. The van der Waals surface area contributed by atoms with Crippen LogP contribution in [-0.2, 0) is 4.79 Å². The fourth-order valence-corrected chi connectivity index (χ4v) is 2.15. The summed E-state index contributed by atoms with van der Waals surface area (Å²) in [6.07, 6.45) is -0.505. The van der Waals surface area contributed by atoms with E-state index in [0.29, 0.717) is 18.8 Å². The molecule has 4 heteroatoms. The molecule has 1 aromatic carbocycles. The molecule has 0 spiro atoms. The van der Waals surface area contributed by atoms with Gasteiger partial charge in [-0.15, -0.1) is 0 Å². The zero-order valence-electron chi connectivity index (χ0n) is 13.1. The summed E-state index contributed by atoms with van der Waals surface area (Å²) in [6, 6.07) is 5.78. The minimum atomic E-state index is -0.505. The standard InChI is InChI=1S/C16H26N2O2/c1-6-18(7-2)16(19)13(5)20-15-10-11(3)8-9-14(15)12(4)17/h8-10,12-13H,6-7,17H2,1-5H3. The van der Waals surface area contributed by atoms with E-state index in [1.165, 1.54) is 0 Å². The summed E-state index contributed by atoms with van der Waals surface area (Å²) < 4.78 is 5.86. The van der Waals surface area contributed by atoms with Gasteiger partial charge in [0.25, 0.3) is 5.91 Å². The van der Waals surface area contributed by atoms with E-state index < -0.39 is 6.10 Å². The van der Waals surface area contributed by atoms with E-state index in [4.69, 9.17) is 10.5 Å². The lowest BCUT2D eigenvalue weighted by Gasteiger charge is -2.25. The van der Waals surface area contributed by atoms with Crippen molar-refractivity contribution in [2.45, 2.75) is 46.8 Å². The summed E-state index contributed by atoms with van der Waals surface area (Å²) in [7, 11) is 0. The molecule has 0 aliphatic carbocycles. The van der Waals surface area contributed by atoms with Gasteiger partial charge < -0.3 is 15.4 Å². The Morgan fingerprint density at radius 3 is 2.40 bits per heavy atom. The quantitative estimate of drug-likeness (QED) is 0.870. The zero-order valence-corrected chi connectivity index (χ0v) is 13.1. The Kier molecular flexibility index (Phi) is 6.02. The topological polar surface area (TPSA) is 55.6 Å². The molecule has 20 heavy (non-hydrogen) atoms. The van der Waals surface area contributed by atoms with Gasteiger partial charge in [-0.05, 0) is 46.2 Å². The van der Waals surface area contributed by atoms with Gasteiger partial charge in [0.1, 0.15) is 5.75 Å². The maximum absolute atomic E-state index is 12.2. The molecule has 0 aliphatic rings. The molecular formula is C16H26N2O2. The Hall–Kier alpha value is -1.55. The number of hydrogen-bond donors (Lipinski definition) is 1. The molecule has 0 bridgehead atoms. The van der Waals surface area contributed by atoms with Crippen LogP contribution in [0.1, 0.15) is 44.9 Å². The number of likely N-dealkylation sites (N-methyl/N-ethyl adjacent to an activating group) is 1. The average Bonchev–Trinajstić information content (AvgIpc) is 2.39. The van der Waals surface area contributed by atoms with Crippen LogP contribution < -0.4 is 10.5 Å². The second kappa shape index (κ2) is 7.29. The van der Waals surface area contributed by atoms with Gasteiger partial charge in [-0.1, -0.05) is 12.1 Å². The van der Waals surface area contributed by atoms with Gasteiger partial charge in [-0.25, -0.2) is 0 Å². The summed E-state index contributed by atoms with van der Waals surface area (Å²) in [6.45, 7) is 11.0. The largest absolute Gasteiger partial charge is 0.481 e. The van der Waals surface area contributed by atoms with Crippen LogP contribution in [0.2, 0.25) is 0 Å². The molecule has 4 nitrogen and oxygen atoms in total. The Morgan fingerprint density at radius 1 is 1.30 bits per heavy atom. The third-order valence-corrected chi connectivity index (χ3v) is 3.39. The normalized spacial score (nSPS) is 13.7. The molecule has 0 heterocycles. The highest BCUT2D eigenvalue weighted by molar-refractivity contribution is 5.80. The molecule has 1 aromatic rings. The Bertz CT molecular complexity index is 454. The predicted molar refractivity (Wildman–Crippen MR) is 81.8 cm³/mol. The highest BCUT2D eigenvalue weighted by Crippen LogP contribution is 2.26. The molecule has 0 aliphatic heterocycles. The summed E-state index contributed by atoms with van der Waals surface area (Å²) >= 11 is 0. The van der Waals surface area contributed by atoms with Crippen molar-refractivity contribution in [3.63, 3.8) is 0 Å². The fraction of sp³-hybridized carbons (Fsp3) is 0.562. The van der Waals surface area contributed by atoms with Crippen LogP contribution in [0.4, 0.5) is 0 Å². The van der Waals surface area contributed by atoms with Gasteiger partial charge in [-0.2, -0.15) is 0 Å². The zero-order chi connectivity index (χ0) is 15.3. The summed E-state index contributed by atoms with van der Waals surface area (Å²) in [4.78, 5) is 14.0. The summed E-state index contributed by atoms with van der Waals surface area (Å²) in [5.41, 5.74) is 7.97. The molecule has 0 saturated heterocycles. The van der Waals surface area contributed by atoms with Crippen molar-refractivity contribution in [2.75, 3.05) is 13.1 Å². The first-order chi connectivity index (χ1) is 9.40. The molecule has 0 fully saturated rings. The average molecular weight is 278 g/mol. The van der Waals surface area contributed by atoms with E-state index in [1.54, 1.807) is 11.8 Å². The van der Waals surface area contributed by atoms with Crippen molar-refractivity contribution in [3.05, 3.63) is 29.3 Å². The molecule has 0 aromatic heterocycles. The number of hydrogen-bond acceptors (Lipinski definition) is 3. The SMILES string of the molecule is CCN(CC)C(=O)C(C)Oc1cc(C)ccc1C(C)N. The number of ether oxygens (including phenoxy) is 1. The van der Waals surface area contributed by atoms with Crippen molar-refractivity contribution in [1.82, 2.24) is 4.90 Å². The molecular weight excluding hydrogens is 252 g/mol. The highest BCUT2D eigenvalue weighted by atomic mass is 16.5. The number of rotatable bonds is 6. The molecule has 112 valence electrons. The van der Waals surface area contributed by atoms with Crippen LogP contribution in [0.15, 0.2) is 18.2 Å². The number of aryl methyl sites for hydroxylation is 1. The molecule has 0 radical (unpaired) electrons. The summed E-state index contributed by atoms with van der Waals surface area (Å²) in [5.74, 6) is 0.708. The Morgan fingerprint density at radius 2 is 1.90 bits per heavy atom. The maximum atomic E-state index is 12.2. The number of benzene rings is 1. The van der Waals surface area contributed by atoms with Crippen LogP contribution in [0.5, 0.6) is 5.75 Å². The maximum Gasteiger partial charge on any atom is 0.263 e. The first-order valence-corrected chi connectivity index (χ1v) is 7.22. The fourth-order valence-electron chi connectivity index (χ4n) is 2.15. The molecule has 1 rings (SSSR count). The first-order valence-electron chi connectivity index (χ1n) is 7.22. The third kappa shape index (κ3) is 3.97. The second-order valence-corrected chi connectivity index (χ2v) is 5.10. The van der Waals surface area contributed by atoms with E-state index in [1.807, 2.05) is 45.9 Å². The van der Waals surface area contributed by atoms with Crippen molar-refractivity contribution in [1.29, 1.82) is 0 Å². The van der Waals surface area contributed by atoms with Crippen molar-refractivity contribution >= 4 is 5.91 Å². The smallest absolute Gasteiger partial charge is 0.263 e. The van der Waals surface area contributed by atoms with Gasteiger partial charge in [0, 0.05) is 24.7 Å².